The highest BCUT2D eigenvalue weighted by Crippen LogP contribution is 2.31. The molecular weight excluding hydrogens is 460 g/mol. The molecule has 0 aromatic carbocycles. The van der Waals surface area contributed by atoms with E-state index in [0.717, 1.165) is 19.3 Å². The summed E-state index contributed by atoms with van der Waals surface area (Å²) in [5.41, 5.74) is 11.7. The minimum Gasteiger partial charge on any atom is -0.468 e. The second kappa shape index (κ2) is 21.7. The molecule has 7 nitrogen and oxygen atoms in total. The number of unbranched alkanes of at least 4 members (excludes halogenated alkanes) is 12. The van der Waals surface area contributed by atoms with Gasteiger partial charge >= 0.3 is 11.9 Å². The van der Waals surface area contributed by atoms with E-state index in [1.165, 1.54) is 100 Å². The minimum absolute atomic E-state index is 0.0693. The first-order valence-corrected chi connectivity index (χ1v) is 14.7. The van der Waals surface area contributed by atoms with Crippen molar-refractivity contribution in [1.29, 1.82) is 0 Å². The first kappa shape index (κ1) is 32.2. The Kier molecular flexibility index (Phi) is 21.2. The van der Waals surface area contributed by atoms with Crippen molar-refractivity contribution in [2.24, 2.45) is 11.5 Å². The third-order valence-corrected chi connectivity index (χ3v) is 8.40. The van der Waals surface area contributed by atoms with E-state index in [-0.39, 0.29) is 11.5 Å². The smallest absolute Gasteiger partial charge is 0.324 e. The first-order valence-electron chi connectivity index (χ1n) is 12.4. The number of Topliss-reactive ketones (excluding diaryl/α,β-unsaturated/α-hetero) is 1. The van der Waals surface area contributed by atoms with Gasteiger partial charge in [0.1, 0.15) is 17.9 Å². The van der Waals surface area contributed by atoms with E-state index < -0.39 is 29.3 Å². The molecule has 0 bridgehead atoms. The number of methoxy groups -OCH3 is 2. The molecule has 0 rings (SSSR count). The van der Waals surface area contributed by atoms with Gasteiger partial charge in [0.15, 0.2) is 0 Å². The van der Waals surface area contributed by atoms with Gasteiger partial charge in [-0.05, 0) is 6.42 Å². The molecule has 0 radical (unpaired) electrons. The van der Waals surface area contributed by atoms with Crippen molar-refractivity contribution >= 4 is 39.3 Å². The van der Waals surface area contributed by atoms with Gasteiger partial charge in [0.05, 0.1) is 19.5 Å². The number of carbonyl (C=O) groups is 3. The molecular formula is C24H46N2O5S2. The lowest BCUT2D eigenvalue weighted by Crippen LogP contribution is -2.45. The van der Waals surface area contributed by atoms with Crippen LogP contribution in [0.15, 0.2) is 0 Å². The summed E-state index contributed by atoms with van der Waals surface area (Å²) in [4.78, 5) is 36.0. The zero-order valence-corrected chi connectivity index (χ0v) is 22.5. The zero-order chi connectivity index (χ0) is 24.9. The average Bonchev–Trinajstić information content (AvgIpc) is 2.82. The standard InChI is InChI=1S/C24H46N2O5S2/c1-4-5-6-7-8-9-10-11-12-13-14-15-16-17-20(27)22(21(26)24(29)31-3)33-32-18-19(25)23(28)30-2/h19,21-22H,4-18,25-26H2,1-3H3/t19-,21-,22?/m0/s1. The maximum absolute atomic E-state index is 12.7. The van der Waals surface area contributed by atoms with Gasteiger partial charge in [-0.15, -0.1) is 0 Å². The van der Waals surface area contributed by atoms with Gasteiger partial charge in [0.2, 0.25) is 0 Å². The van der Waals surface area contributed by atoms with Crippen LogP contribution < -0.4 is 11.5 Å². The summed E-state index contributed by atoms with van der Waals surface area (Å²) in [7, 11) is 4.94. The molecule has 0 spiro atoms. The second-order valence-corrected chi connectivity index (χ2v) is 11.0. The molecule has 33 heavy (non-hydrogen) atoms. The molecule has 0 saturated carbocycles. The van der Waals surface area contributed by atoms with E-state index in [0.29, 0.717) is 6.42 Å². The predicted octanol–water partition coefficient (Wildman–Crippen LogP) is 4.79. The molecule has 0 aliphatic carbocycles. The summed E-state index contributed by atoms with van der Waals surface area (Å²) in [6.45, 7) is 2.25. The summed E-state index contributed by atoms with van der Waals surface area (Å²) in [6.07, 6.45) is 16.5. The van der Waals surface area contributed by atoms with E-state index in [2.05, 4.69) is 11.7 Å². The highest BCUT2D eigenvalue weighted by Gasteiger charge is 2.32. The maximum atomic E-state index is 12.7. The van der Waals surface area contributed by atoms with E-state index in [9.17, 15) is 14.4 Å². The Balaban J connectivity index is 4.10. The highest BCUT2D eigenvalue weighted by atomic mass is 33.1. The number of hydrogen-bond acceptors (Lipinski definition) is 9. The number of hydrogen-bond donors (Lipinski definition) is 2. The SMILES string of the molecule is CCCCCCCCCCCCCCCC(=O)C(SSC[C@H](N)C(=O)OC)[C@H](N)C(=O)OC. The minimum atomic E-state index is -1.05. The van der Waals surface area contributed by atoms with Crippen molar-refractivity contribution in [3.8, 4) is 0 Å². The van der Waals surface area contributed by atoms with E-state index in [4.69, 9.17) is 16.2 Å². The monoisotopic (exact) mass is 506 g/mol. The lowest BCUT2D eigenvalue weighted by Gasteiger charge is -2.20. The van der Waals surface area contributed by atoms with Gasteiger partial charge in [0, 0.05) is 12.2 Å². The first-order chi connectivity index (χ1) is 15.9. The summed E-state index contributed by atoms with van der Waals surface area (Å²) < 4.78 is 9.31. The van der Waals surface area contributed by atoms with Gasteiger partial charge in [-0.3, -0.25) is 14.4 Å². The average molecular weight is 507 g/mol. The molecule has 9 heteroatoms. The Morgan fingerprint density at radius 2 is 1.18 bits per heavy atom. The number of rotatable bonds is 22. The van der Waals surface area contributed by atoms with Crippen molar-refractivity contribution in [2.45, 2.75) is 114 Å². The summed E-state index contributed by atoms with van der Waals surface area (Å²) in [5.74, 6) is -0.951. The summed E-state index contributed by atoms with van der Waals surface area (Å²) in [5, 5.41) is -0.732. The molecule has 0 heterocycles. The molecule has 0 amide bonds. The van der Waals surface area contributed by atoms with Gasteiger partial charge < -0.3 is 20.9 Å². The van der Waals surface area contributed by atoms with Crippen molar-refractivity contribution in [3.63, 3.8) is 0 Å². The van der Waals surface area contributed by atoms with Crippen molar-refractivity contribution in [3.05, 3.63) is 0 Å². The van der Waals surface area contributed by atoms with Crippen molar-refractivity contribution < 1.29 is 23.9 Å². The van der Waals surface area contributed by atoms with Crippen LogP contribution >= 0.6 is 21.6 Å². The van der Waals surface area contributed by atoms with Crippen LogP contribution in [-0.4, -0.2) is 55.0 Å². The van der Waals surface area contributed by atoms with Crippen LogP contribution in [0.25, 0.3) is 0 Å². The number of carbonyl (C=O) groups excluding carboxylic acids is 3. The van der Waals surface area contributed by atoms with Crippen LogP contribution in [0, 0.1) is 0 Å². The second-order valence-electron chi connectivity index (χ2n) is 8.44. The Morgan fingerprint density at radius 3 is 1.64 bits per heavy atom. The molecule has 1 unspecified atom stereocenters. The maximum Gasteiger partial charge on any atom is 0.324 e. The fraction of sp³-hybridized carbons (Fsp3) is 0.875. The number of ketones is 1. The van der Waals surface area contributed by atoms with Crippen LogP contribution in [0.1, 0.15) is 96.8 Å². The highest BCUT2D eigenvalue weighted by molar-refractivity contribution is 8.77. The molecule has 194 valence electrons. The normalized spacial score (nSPS) is 13.8. The lowest BCUT2D eigenvalue weighted by atomic mass is 10.0. The molecule has 3 atom stereocenters. The fourth-order valence-electron chi connectivity index (χ4n) is 3.44. The quantitative estimate of drug-likeness (QED) is 0.121. The number of ether oxygens (including phenoxy) is 2. The van der Waals surface area contributed by atoms with Gasteiger partial charge in [-0.25, -0.2) is 0 Å². The molecule has 0 fully saturated rings. The number of nitrogens with two attached hydrogens (primary N) is 2. The van der Waals surface area contributed by atoms with Gasteiger partial charge in [0.25, 0.3) is 0 Å². The summed E-state index contributed by atoms with van der Waals surface area (Å²) in [6, 6.07) is -1.84. The Bertz CT molecular complexity index is 537. The third-order valence-electron chi connectivity index (χ3n) is 5.57. The van der Waals surface area contributed by atoms with E-state index in [1.807, 2.05) is 0 Å². The fourth-order valence-corrected chi connectivity index (χ4v) is 6.20. The van der Waals surface area contributed by atoms with Crippen molar-refractivity contribution in [2.75, 3.05) is 20.0 Å². The van der Waals surface area contributed by atoms with E-state index in [1.54, 1.807) is 0 Å². The van der Waals surface area contributed by atoms with Gasteiger partial charge in [-0.1, -0.05) is 106 Å². The molecule has 0 aromatic rings. The molecule has 0 aromatic heterocycles. The molecule has 0 aliphatic heterocycles. The largest absolute Gasteiger partial charge is 0.468 e. The Morgan fingerprint density at radius 1 is 0.727 bits per heavy atom. The van der Waals surface area contributed by atoms with Crippen LogP contribution in [-0.2, 0) is 23.9 Å². The number of esters is 2. The third kappa shape index (κ3) is 16.5. The van der Waals surface area contributed by atoms with Gasteiger partial charge in [-0.2, -0.15) is 0 Å². The lowest BCUT2D eigenvalue weighted by molar-refractivity contribution is -0.143. The Labute approximate surface area is 208 Å². The van der Waals surface area contributed by atoms with Crippen LogP contribution in [0.4, 0.5) is 0 Å². The zero-order valence-electron chi connectivity index (χ0n) is 20.9. The van der Waals surface area contributed by atoms with Crippen LogP contribution in [0.3, 0.4) is 0 Å². The van der Waals surface area contributed by atoms with Crippen molar-refractivity contribution in [1.82, 2.24) is 0 Å². The van der Waals surface area contributed by atoms with Crippen LogP contribution in [0.5, 0.6) is 0 Å². The predicted molar refractivity (Wildman–Crippen MR) is 139 cm³/mol. The van der Waals surface area contributed by atoms with Crippen LogP contribution in [0.2, 0.25) is 0 Å². The topological polar surface area (TPSA) is 122 Å². The summed E-state index contributed by atoms with van der Waals surface area (Å²) >= 11 is 0. The Hall–Kier alpha value is -0.770. The van der Waals surface area contributed by atoms with E-state index >= 15 is 0 Å². The molecule has 0 aliphatic rings. The molecule has 0 saturated heterocycles. The molecule has 4 N–H and O–H groups in total.